The first-order chi connectivity index (χ1) is 11.9. The third-order valence-electron chi connectivity index (χ3n) is 3.57. The second-order valence-electron chi connectivity index (χ2n) is 5.31. The van der Waals surface area contributed by atoms with Crippen LogP contribution >= 0.6 is 0 Å². The molecule has 1 aromatic heterocycles. The molecule has 0 aliphatic heterocycles. The summed E-state index contributed by atoms with van der Waals surface area (Å²) in [6.45, 7) is 2.58. The molecule has 25 heavy (non-hydrogen) atoms. The fourth-order valence-corrected chi connectivity index (χ4v) is 2.53. The summed E-state index contributed by atoms with van der Waals surface area (Å²) >= 11 is 0. The number of carboxylic acids is 2. The number of nitrogens with two attached hydrogens (primary N) is 1. The maximum absolute atomic E-state index is 12.1. The van der Waals surface area contributed by atoms with Gasteiger partial charge in [-0.1, -0.05) is 31.2 Å². The predicted octanol–water partition coefficient (Wildman–Crippen LogP) is 1.95. The number of pyridine rings is 1. The van der Waals surface area contributed by atoms with E-state index in [1.807, 2.05) is 6.92 Å². The minimum Gasteiger partial charge on any atom is -0.478 e. The molecule has 132 valence electrons. The van der Waals surface area contributed by atoms with Crippen LogP contribution in [0.4, 0.5) is 5.82 Å². The van der Waals surface area contributed by atoms with Crippen LogP contribution in [0.1, 0.15) is 39.6 Å². The first kappa shape index (κ1) is 18.2. The number of nitrogen functional groups attached to an aromatic ring is 1. The normalized spacial score (nSPS) is 10.6. The predicted molar refractivity (Wildman–Crippen MR) is 90.8 cm³/mol. The van der Waals surface area contributed by atoms with Crippen molar-refractivity contribution in [1.82, 2.24) is 4.98 Å². The largest absolute Gasteiger partial charge is 0.478 e. The Morgan fingerprint density at radius 2 is 1.80 bits per heavy atom. The zero-order chi connectivity index (χ0) is 18.6. The van der Waals surface area contributed by atoms with Crippen LogP contribution in [-0.2, 0) is 11.3 Å². The minimum absolute atomic E-state index is 0.148. The molecule has 2 aromatic rings. The van der Waals surface area contributed by atoms with Gasteiger partial charge in [-0.05, 0) is 17.5 Å². The lowest BCUT2D eigenvalue weighted by Crippen LogP contribution is -2.24. The minimum atomic E-state index is -1.54. The van der Waals surface area contributed by atoms with E-state index in [0.717, 1.165) is 6.42 Å². The van der Waals surface area contributed by atoms with Gasteiger partial charge in [0.05, 0.1) is 6.61 Å². The standard InChI is InChI=1S/C17H18N2O6/c1-2-7-25-8-9-5-3-4-6-10(9)11-12(16(21)22)14(18)19-15(20)13(11)17(23)24/h3-6H,2,7-8H2,1H3,(H,21,22)(H,23,24)(H3,18,19,20). The van der Waals surface area contributed by atoms with E-state index in [9.17, 15) is 24.6 Å². The lowest BCUT2D eigenvalue weighted by atomic mass is 9.92. The van der Waals surface area contributed by atoms with Crippen molar-refractivity contribution in [3.8, 4) is 11.1 Å². The number of hydrogen-bond donors (Lipinski definition) is 4. The molecular formula is C17H18N2O6. The lowest BCUT2D eigenvalue weighted by Gasteiger charge is -2.15. The number of benzene rings is 1. The van der Waals surface area contributed by atoms with Crippen molar-refractivity contribution in [3.63, 3.8) is 0 Å². The summed E-state index contributed by atoms with van der Waals surface area (Å²) in [6.07, 6.45) is 0.793. The first-order valence-electron chi connectivity index (χ1n) is 7.56. The fourth-order valence-electron chi connectivity index (χ4n) is 2.53. The van der Waals surface area contributed by atoms with Crippen molar-refractivity contribution in [2.45, 2.75) is 20.0 Å². The SMILES string of the molecule is CCCOCc1ccccc1-c1c(C(=O)O)c(N)[nH]c(=O)c1C(=O)O. The van der Waals surface area contributed by atoms with Crippen molar-refractivity contribution in [2.24, 2.45) is 0 Å². The number of H-pyrrole nitrogens is 1. The number of aromatic nitrogens is 1. The number of anilines is 1. The third kappa shape index (κ3) is 3.69. The van der Waals surface area contributed by atoms with E-state index in [0.29, 0.717) is 12.2 Å². The van der Waals surface area contributed by atoms with Crippen molar-refractivity contribution in [3.05, 3.63) is 51.3 Å². The molecule has 5 N–H and O–H groups in total. The zero-order valence-corrected chi connectivity index (χ0v) is 13.5. The van der Waals surface area contributed by atoms with Crippen LogP contribution in [0.25, 0.3) is 11.1 Å². The van der Waals surface area contributed by atoms with Gasteiger partial charge in [0.15, 0.2) is 0 Å². The highest BCUT2D eigenvalue weighted by atomic mass is 16.5. The molecule has 0 bridgehead atoms. The van der Waals surface area contributed by atoms with Gasteiger partial charge in [-0.25, -0.2) is 9.59 Å². The van der Waals surface area contributed by atoms with E-state index >= 15 is 0 Å². The van der Waals surface area contributed by atoms with E-state index in [1.165, 1.54) is 6.07 Å². The molecule has 8 nitrogen and oxygen atoms in total. The van der Waals surface area contributed by atoms with Crippen LogP contribution in [-0.4, -0.2) is 33.7 Å². The summed E-state index contributed by atoms with van der Waals surface area (Å²) < 4.78 is 5.48. The number of hydrogen-bond acceptors (Lipinski definition) is 5. The van der Waals surface area contributed by atoms with Crippen LogP contribution in [0.5, 0.6) is 0 Å². The smallest absolute Gasteiger partial charge is 0.342 e. The summed E-state index contributed by atoms with van der Waals surface area (Å²) in [5, 5.41) is 18.9. The monoisotopic (exact) mass is 346 g/mol. The molecule has 8 heteroatoms. The summed E-state index contributed by atoms with van der Waals surface area (Å²) in [6, 6.07) is 6.55. The molecule has 0 aliphatic rings. The molecule has 0 atom stereocenters. The van der Waals surface area contributed by atoms with Gasteiger partial charge in [-0.15, -0.1) is 0 Å². The Morgan fingerprint density at radius 3 is 2.40 bits per heavy atom. The summed E-state index contributed by atoms with van der Waals surface area (Å²) in [7, 11) is 0. The maximum atomic E-state index is 12.1. The van der Waals surface area contributed by atoms with Gasteiger partial charge in [0.25, 0.3) is 5.56 Å². The van der Waals surface area contributed by atoms with Crippen LogP contribution < -0.4 is 11.3 Å². The number of nitrogens with one attached hydrogen (secondary N) is 1. The van der Waals surface area contributed by atoms with Gasteiger partial charge in [0.2, 0.25) is 0 Å². The molecule has 2 rings (SSSR count). The molecule has 0 amide bonds. The Bertz CT molecular complexity index is 872. The summed E-state index contributed by atoms with van der Waals surface area (Å²) in [5.41, 5.74) is 4.17. The molecule has 0 saturated carbocycles. The quantitative estimate of drug-likeness (QED) is 0.561. The zero-order valence-electron chi connectivity index (χ0n) is 13.5. The second kappa shape index (κ2) is 7.63. The molecule has 0 radical (unpaired) electrons. The van der Waals surface area contributed by atoms with Crippen molar-refractivity contribution < 1.29 is 24.5 Å². The van der Waals surface area contributed by atoms with E-state index in [1.54, 1.807) is 18.2 Å². The molecule has 0 fully saturated rings. The van der Waals surface area contributed by atoms with Gasteiger partial charge in [-0.3, -0.25) is 4.79 Å². The molecule has 0 spiro atoms. The number of aromatic carboxylic acids is 2. The number of rotatable bonds is 7. The molecule has 1 aromatic carbocycles. The van der Waals surface area contributed by atoms with Crippen LogP contribution in [0.15, 0.2) is 29.1 Å². The molecule has 0 aliphatic carbocycles. The van der Waals surface area contributed by atoms with Crippen molar-refractivity contribution >= 4 is 17.8 Å². The second-order valence-corrected chi connectivity index (χ2v) is 5.31. The first-order valence-corrected chi connectivity index (χ1v) is 7.56. The van der Waals surface area contributed by atoms with Crippen LogP contribution in [0.2, 0.25) is 0 Å². The Morgan fingerprint density at radius 1 is 1.16 bits per heavy atom. The average molecular weight is 346 g/mol. The number of aromatic amines is 1. The number of carbonyl (C=O) groups is 2. The van der Waals surface area contributed by atoms with Crippen molar-refractivity contribution in [1.29, 1.82) is 0 Å². The summed E-state index contributed by atoms with van der Waals surface area (Å²) in [5.74, 6) is -3.37. The topological polar surface area (TPSA) is 143 Å². The van der Waals surface area contributed by atoms with E-state index in [-0.39, 0.29) is 17.7 Å². The van der Waals surface area contributed by atoms with Crippen LogP contribution in [0, 0.1) is 0 Å². The molecular weight excluding hydrogens is 328 g/mol. The Kier molecular flexibility index (Phi) is 5.56. The highest BCUT2D eigenvalue weighted by Gasteiger charge is 2.27. The lowest BCUT2D eigenvalue weighted by molar-refractivity contribution is 0.0695. The Hall–Kier alpha value is -3.13. The fraction of sp³-hybridized carbons (Fsp3) is 0.235. The van der Waals surface area contributed by atoms with Gasteiger partial charge >= 0.3 is 11.9 Å². The number of ether oxygens (including phenoxy) is 1. The number of carboxylic acid groups (broad SMARTS) is 2. The van der Waals surface area contributed by atoms with Crippen LogP contribution in [0.3, 0.4) is 0 Å². The average Bonchev–Trinajstić information content (AvgIpc) is 2.54. The van der Waals surface area contributed by atoms with Crippen molar-refractivity contribution in [2.75, 3.05) is 12.3 Å². The van der Waals surface area contributed by atoms with Gasteiger partial charge in [0.1, 0.15) is 16.9 Å². The van der Waals surface area contributed by atoms with E-state index < -0.39 is 34.4 Å². The summed E-state index contributed by atoms with van der Waals surface area (Å²) in [4.78, 5) is 37.4. The molecule has 0 unspecified atom stereocenters. The van der Waals surface area contributed by atoms with Gasteiger partial charge < -0.3 is 25.7 Å². The highest BCUT2D eigenvalue weighted by molar-refractivity contribution is 6.07. The van der Waals surface area contributed by atoms with Gasteiger partial charge in [-0.2, -0.15) is 0 Å². The van der Waals surface area contributed by atoms with E-state index in [4.69, 9.17) is 10.5 Å². The third-order valence-corrected chi connectivity index (χ3v) is 3.57. The van der Waals surface area contributed by atoms with Gasteiger partial charge in [0, 0.05) is 12.2 Å². The maximum Gasteiger partial charge on any atom is 0.342 e. The van der Waals surface area contributed by atoms with E-state index in [2.05, 4.69) is 4.98 Å². The Balaban J connectivity index is 2.80. The Labute approximate surface area is 142 Å². The highest BCUT2D eigenvalue weighted by Crippen LogP contribution is 2.32. The molecule has 1 heterocycles. The molecule has 0 saturated heterocycles.